The van der Waals surface area contributed by atoms with Gasteiger partial charge in [-0.15, -0.1) is 12.4 Å². The summed E-state index contributed by atoms with van der Waals surface area (Å²) in [7, 11) is -1.52. The van der Waals surface area contributed by atoms with Crippen LogP contribution in [0.1, 0.15) is 24.2 Å². The highest BCUT2D eigenvalue weighted by molar-refractivity contribution is 9.10. The highest BCUT2D eigenvalue weighted by Crippen LogP contribution is 2.16. The topological polar surface area (TPSA) is 85.1 Å². The molecule has 1 aromatic carbocycles. The van der Waals surface area contributed by atoms with Gasteiger partial charge in [-0.2, -0.15) is 4.98 Å². The maximum Gasteiger partial charge on any atom is 0.241 e. The molecular weight excluding hydrogens is 406 g/mol. The molecule has 0 aliphatic rings. The van der Waals surface area contributed by atoms with Crippen LogP contribution in [0.4, 0.5) is 0 Å². The maximum absolute atomic E-state index is 12.2. The molecule has 0 aliphatic heterocycles. The summed E-state index contributed by atoms with van der Waals surface area (Å²) in [6.45, 7) is 1.99. The Bertz CT molecular complexity index is 736. The first-order valence-corrected chi connectivity index (χ1v) is 9.43. The molecule has 6 nitrogen and oxygen atoms in total. The summed E-state index contributed by atoms with van der Waals surface area (Å²) in [5.74, 6) is 0.333. The van der Waals surface area contributed by atoms with Gasteiger partial charge >= 0.3 is 0 Å². The standard InChI is InChI=1S/C14H18BrN3O3S.ClH/c1-10(16-2)6-13-17-14(21-18-13)9-22(19,20)8-11-4-3-5-12(15)7-11;/h3-5,7,10,16H,6,8-9H2,1-2H3;1H. The number of halogens is 2. The first kappa shape index (κ1) is 20.1. The van der Waals surface area contributed by atoms with E-state index < -0.39 is 9.84 Å². The first-order chi connectivity index (χ1) is 10.4. The summed E-state index contributed by atoms with van der Waals surface area (Å²) in [5, 5.41) is 6.88. The van der Waals surface area contributed by atoms with Gasteiger partial charge in [-0.25, -0.2) is 8.42 Å². The normalized spacial score (nSPS) is 12.7. The zero-order valence-corrected chi connectivity index (χ0v) is 16.0. The van der Waals surface area contributed by atoms with E-state index in [2.05, 4.69) is 31.4 Å². The van der Waals surface area contributed by atoms with Crippen molar-refractivity contribution in [3.63, 3.8) is 0 Å². The minimum Gasteiger partial charge on any atom is -0.338 e. The van der Waals surface area contributed by atoms with Gasteiger partial charge in [0.05, 0.1) is 5.75 Å². The van der Waals surface area contributed by atoms with Crippen LogP contribution in [0.15, 0.2) is 33.3 Å². The molecule has 1 aromatic heterocycles. The van der Waals surface area contributed by atoms with Crippen molar-refractivity contribution in [3.8, 4) is 0 Å². The van der Waals surface area contributed by atoms with Crippen LogP contribution in [0, 0.1) is 0 Å². The van der Waals surface area contributed by atoms with Crippen molar-refractivity contribution in [2.24, 2.45) is 0 Å². The summed E-state index contributed by atoms with van der Waals surface area (Å²) < 4.78 is 30.3. The van der Waals surface area contributed by atoms with Gasteiger partial charge in [-0.3, -0.25) is 0 Å². The van der Waals surface area contributed by atoms with E-state index in [4.69, 9.17) is 4.52 Å². The highest BCUT2D eigenvalue weighted by Gasteiger charge is 2.18. The van der Waals surface area contributed by atoms with Crippen molar-refractivity contribution >= 4 is 38.2 Å². The van der Waals surface area contributed by atoms with Gasteiger partial charge in [-0.05, 0) is 31.7 Å². The van der Waals surface area contributed by atoms with Crippen molar-refractivity contribution in [2.75, 3.05) is 7.05 Å². The van der Waals surface area contributed by atoms with Gasteiger partial charge in [0.1, 0.15) is 5.75 Å². The highest BCUT2D eigenvalue weighted by atomic mass is 79.9. The Morgan fingerprint density at radius 3 is 2.74 bits per heavy atom. The molecule has 0 bridgehead atoms. The molecule has 0 radical (unpaired) electrons. The van der Waals surface area contributed by atoms with Crippen LogP contribution in [0.2, 0.25) is 0 Å². The van der Waals surface area contributed by atoms with Crippen LogP contribution in [0.25, 0.3) is 0 Å². The Morgan fingerprint density at radius 2 is 2.09 bits per heavy atom. The van der Waals surface area contributed by atoms with Gasteiger partial charge in [0.2, 0.25) is 5.89 Å². The Morgan fingerprint density at radius 1 is 1.35 bits per heavy atom. The third kappa shape index (κ3) is 6.58. The van der Waals surface area contributed by atoms with E-state index in [0.717, 1.165) is 10.0 Å². The number of sulfone groups is 1. The fraction of sp³-hybridized carbons (Fsp3) is 0.429. The lowest BCUT2D eigenvalue weighted by Crippen LogP contribution is -2.24. The second-order valence-corrected chi connectivity index (χ2v) is 8.14. The van der Waals surface area contributed by atoms with Crippen LogP contribution < -0.4 is 5.32 Å². The fourth-order valence-corrected chi connectivity index (χ4v) is 3.66. The van der Waals surface area contributed by atoms with Gasteiger partial charge in [0, 0.05) is 16.9 Å². The van der Waals surface area contributed by atoms with E-state index in [1.54, 1.807) is 18.2 Å². The van der Waals surface area contributed by atoms with Crippen molar-refractivity contribution in [2.45, 2.75) is 30.9 Å². The molecule has 0 amide bonds. The fourth-order valence-electron chi connectivity index (χ4n) is 1.93. The minimum atomic E-state index is -3.36. The molecule has 0 saturated heterocycles. The van der Waals surface area contributed by atoms with Crippen LogP contribution in [0.3, 0.4) is 0 Å². The summed E-state index contributed by atoms with van der Waals surface area (Å²) in [5.41, 5.74) is 0.720. The van der Waals surface area contributed by atoms with E-state index >= 15 is 0 Å². The molecule has 1 heterocycles. The molecule has 9 heteroatoms. The molecule has 2 rings (SSSR count). The smallest absolute Gasteiger partial charge is 0.241 e. The lowest BCUT2D eigenvalue weighted by Gasteiger charge is -2.04. The lowest BCUT2D eigenvalue weighted by atomic mass is 10.2. The Hall–Kier alpha value is -0.960. The summed E-state index contributed by atoms with van der Waals surface area (Å²) >= 11 is 3.33. The molecular formula is C14H19BrClN3O3S. The molecule has 1 unspecified atom stereocenters. The molecule has 0 fully saturated rings. The molecule has 1 N–H and O–H groups in total. The number of hydrogen-bond acceptors (Lipinski definition) is 6. The zero-order chi connectivity index (χ0) is 16.2. The summed E-state index contributed by atoms with van der Waals surface area (Å²) in [6.07, 6.45) is 0.589. The molecule has 0 aliphatic carbocycles. The number of nitrogens with zero attached hydrogens (tertiary/aromatic N) is 2. The third-order valence-electron chi connectivity index (χ3n) is 3.11. The third-order valence-corrected chi connectivity index (χ3v) is 5.06. The number of benzene rings is 1. The van der Waals surface area contributed by atoms with Crippen molar-refractivity contribution in [3.05, 3.63) is 46.0 Å². The average Bonchev–Trinajstić information content (AvgIpc) is 2.84. The van der Waals surface area contributed by atoms with Crippen LogP contribution in [-0.4, -0.2) is 31.6 Å². The van der Waals surface area contributed by atoms with Crippen LogP contribution >= 0.6 is 28.3 Å². The predicted octanol–water partition coefficient (Wildman–Crippen LogP) is 2.52. The average molecular weight is 425 g/mol. The number of rotatable bonds is 7. The number of hydrogen-bond donors (Lipinski definition) is 1. The largest absolute Gasteiger partial charge is 0.338 e. The first-order valence-electron chi connectivity index (χ1n) is 6.81. The van der Waals surface area contributed by atoms with Crippen molar-refractivity contribution in [1.29, 1.82) is 0 Å². The van der Waals surface area contributed by atoms with E-state index in [-0.39, 0.29) is 35.8 Å². The van der Waals surface area contributed by atoms with Crippen LogP contribution in [0.5, 0.6) is 0 Å². The Labute approximate surface area is 150 Å². The lowest BCUT2D eigenvalue weighted by molar-refractivity contribution is 0.380. The zero-order valence-electron chi connectivity index (χ0n) is 12.8. The molecule has 2 aromatic rings. The monoisotopic (exact) mass is 423 g/mol. The number of aromatic nitrogens is 2. The molecule has 128 valence electrons. The van der Waals surface area contributed by atoms with Gasteiger partial charge in [0.15, 0.2) is 15.7 Å². The van der Waals surface area contributed by atoms with Crippen molar-refractivity contribution in [1.82, 2.24) is 15.5 Å². The second kappa shape index (κ2) is 8.77. The predicted molar refractivity (Wildman–Crippen MR) is 94.2 cm³/mol. The van der Waals surface area contributed by atoms with Gasteiger partial charge in [-0.1, -0.05) is 33.2 Å². The molecule has 0 spiro atoms. The van der Waals surface area contributed by atoms with Gasteiger partial charge < -0.3 is 9.84 Å². The number of nitrogens with one attached hydrogen (secondary N) is 1. The molecule has 23 heavy (non-hydrogen) atoms. The minimum absolute atomic E-state index is 0. The summed E-state index contributed by atoms with van der Waals surface area (Å²) in [4.78, 5) is 4.14. The van der Waals surface area contributed by atoms with E-state index in [1.165, 1.54) is 0 Å². The Balaban J connectivity index is 0.00000264. The Kier molecular flexibility index (Phi) is 7.66. The summed E-state index contributed by atoms with van der Waals surface area (Å²) in [6, 6.07) is 7.41. The van der Waals surface area contributed by atoms with Crippen LogP contribution in [-0.2, 0) is 27.8 Å². The van der Waals surface area contributed by atoms with E-state index in [1.807, 2.05) is 20.0 Å². The SMILES string of the molecule is CNC(C)Cc1noc(CS(=O)(=O)Cc2cccc(Br)c2)n1.Cl. The van der Waals surface area contributed by atoms with Gasteiger partial charge in [0.25, 0.3) is 0 Å². The van der Waals surface area contributed by atoms with Crippen molar-refractivity contribution < 1.29 is 12.9 Å². The maximum atomic E-state index is 12.2. The molecule has 0 saturated carbocycles. The quantitative estimate of drug-likeness (QED) is 0.735. The van der Waals surface area contributed by atoms with E-state index in [9.17, 15) is 8.42 Å². The number of likely N-dealkylation sites (N-methyl/N-ethyl adjacent to an activating group) is 1. The molecule has 1 atom stereocenters. The second-order valence-electron chi connectivity index (χ2n) is 5.16. The van der Waals surface area contributed by atoms with E-state index in [0.29, 0.717) is 12.2 Å².